The highest BCUT2D eigenvalue weighted by atomic mass is 16.1. The fourth-order valence-electron chi connectivity index (χ4n) is 1.79. The molecular weight excluding hydrogens is 238 g/mol. The number of hydrogen-bond donors (Lipinski definition) is 2. The zero-order valence-electron chi connectivity index (χ0n) is 12.2. The third-order valence-corrected chi connectivity index (χ3v) is 2.98. The van der Waals surface area contributed by atoms with E-state index in [-0.39, 0.29) is 5.91 Å². The van der Waals surface area contributed by atoms with Crippen LogP contribution in [0.3, 0.4) is 0 Å². The van der Waals surface area contributed by atoms with E-state index in [2.05, 4.69) is 42.6 Å². The Hall–Kier alpha value is -1.39. The highest BCUT2D eigenvalue weighted by molar-refractivity contribution is 5.77. The number of aryl methyl sites for hydroxylation is 1. The molecule has 19 heavy (non-hydrogen) atoms. The van der Waals surface area contributed by atoms with Crippen molar-refractivity contribution in [1.29, 1.82) is 0 Å². The van der Waals surface area contributed by atoms with Crippen molar-refractivity contribution in [2.24, 2.45) is 0 Å². The smallest absolute Gasteiger partial charge is 0.234 e. The topological polar surface area (TPSA) is 44.4 Å². The number of carbonyl (C=O) groups excluding carboxylic acids is 1. The molecule has 0 aromatic heterocycles. The van der Waals surface area contributed by atoms with Crippen molar-refractivity contribution in [3.05, 3.63) is 35.4 Å². The fourth-order valence-corrected chi connectivity index (χ4v) is 1.79. The Morgan fingerprint density at radius 3 is 2.68 bits per heavy atom. The number of rotatable bonds is 8. The standard InChI is InChI=1S/C15H25N3O/c1-13-7-4-5-8-14(13)11-17-15(19)12-16-9-6-10-18(2)3/h4-5,7-8,16H,6,9-12H2,1-3H3,(H,17,19). The lowest BCUT2D eigenvalue weighted by Crippen LogP contribution is -2.34. The third-order valence-electron chi connectivity index (χ3n) is 2.98. The number of benzene rings is 1. The van der Waals surface area contributed by atoms with Crippen molar-refractivity contribution in [3.63, 3.8) is 0 Å². The normalized spacial score (nSPS) is 10.7. The molecule has 0 aliphatic carbocycles. The van der Waals surface area contributed by atoms with E-state index in [0.717, 1.165) is 19.5 Å². The summed E-state index contributed by atoms with van der Waals surface area (Å²) in [4.78, 5) is 13.8. The molecule has 0 unspecified atom stereocenters. The summed E-state index contributed by atoms with van der Waals surface area (Å²) >= 11 is 0. The van der Waals surface area contributed by atoms with Crippen molar-refractivity contribution in [3.8, 4) is 0 Å². The number of nitrogens with zero attached hydrogens (tertiary/aromatic N) is 1. The highest BCUT2D eigenvalue weighted by Gasteiger charge is 2.02. The van der Waals surface area contributed by atoms with Gasteiger partial charge in [0.15, 0.2) is 0 Å². The van der Waals surface area contributed by atoms with Crippen LogP contribution < -0.4 is 10.6 Å². The van der Waals surface area contributed by atoms with Gasteiger partial charge in [-0.3, -0.25) is 4.79 Å². The molecule has 0 radical (unpaired) electrons. The summed E-state index contributed by atoms with van der Waals surface area (Å²) in [5.74, 6) is 0.0492. The Labute approximate surface area is 116 Å². The largest absolute Gasteiger partial charge is 0.351 e. The average Bonchev–Trinajstić information content (AvgIpc) is 2.37. The van der Waals surface area contributed by atoms with Crippen LogP contribution in [-0.4, -0.2) is 44.5 Å². The van der Waals surface area contributed by atoms with E-state index in [9.17, 15) is 4.79 Å². The molecule has 0 heterocycles. The number of hydrogen-bond acceptors (Lipinski definition) is 3. The predicted molar refractivity (Wildman–Crippen MR) is 79.1 cm³/mol. The Bertz CT molecular complexity index is 391. The molecule has 1 aromatic rings. The molecule has 1 rings (SSSR count). The Morgan fingerprint density at radius 1 is 1.26 bits per heavy atom. The van der Waals surface area contributed by atoms with Gasteiger partial charge in [0.1, 0.15) is 0 Å². The Morgan fingerprint density at radius 2 is 2.00 bits per heavy atom. The molecule has 1 amide bonds. The molecule has 4 heteroatoms. The van der Waals surface area contributed by atoms with Gasteiger partial charge < -0.3 is 15.5 Å². The van der Waals surface area contributed by atoms with Gasteiger partial charge >= 0.3 is 0 Å². The van der Waals surface area contributed by atoms with Gasteiger partial charge in [-0.2, -0.15) is 0 Å². The van der Waals surface area contributed by atoms with Crippen molar-refractivity contribution in [2.75, 3.05) is 33.7 Å². The van der Waals surface area contributed by atoms with Gasteiger partial charge in [-0.1, -0.05) is 24.3 Å². The minimum atomic E-state index is 0.0492. The minimum Gasteiger partial charge on any atom is -0.351 e. The molecule has 106 valence electrons. The Kier molecular flexibility index (Phi) is 7.15. The van der Waals surface area contributed by atoms with Crippen LogP contribution in [0.2, 0.25) is 0 Å². The predicted octanol–water partition coefficient (Wildman–Crippen LogP) is 1.15. The SMILES string of the molecule is Cc1ccccc1CNC(=O)CNCCCN(C)C. The zero-order valence-corrected chi connectivity index (χ0v) is 12.2. The summed E-state index contributed by atoms with van der Waals surface area (Å²) in [6, 6.07) is 8.10. The molecule has 0 fully saturated rings. The lowest BCUT2D eigenvalue weighted by Gasteiger charge is -2.10. The molecule has 0 aliphatic rings. The maximum absolute atomic E-state index is 11.6. The van der Waals surface area contributed by atoms with E-state index >= 15 is 0 Å². The van der Waals surface area contributed by atoms with Gasteiger partial charge in [0.25, 0.3) is 0 Å². The first-order chi connectivity index (χ1) is 9.09. The van der Waals surface area contributed by atoms with Gasteiger partial charge in [0, 0.05) is 6.54 Å². The maximum Gasteiger partial charge on any atom is 0.234 e. The van der Waals surface area contributed by atoms with E-state index in [1.807, 2.05) is 18.2 Å². The number of nitrogens with one attached hydrogen (secondary N) is 2. The van der Waals surface area contributed by atoms with Crippen molar-refractivity contribution >= 4 is 5.91 Å². The van der Waals surface area contributed by atoms with Crippen LogP contribution in [0.25, 0.3) is 0 Å². The van der Waals surface area contributed by atoms with Crippen LogP contribution >= 0.6 is 0 Å². The third kappa shape index (κ3) is 6.94. The molecule has 4 nitrogen and oxygen atoms in total. The second-order valence-electron chi connectivity index (χ2n) is 5.04. The molecule has 1 aromatic carbocycles. The molecule has 0 saturated carbocycles. The van der Waals surface area contributed by atoms with Gasteiger partial charge in [0.2, 0.25) is 5.91 Å². The van der Waals surface area contributed by atoms with Crippen molar-refractivity contribution < 1.29 is 4.79 Å². The molecule has 0 atom stereocenters. The fraction of sp³-hybridized carbons (Fsp3) is 0.533. The summed E-state index contributed by atoms with van der Waals surface area (Å²) in [5.41, 5.74) is 2.38. The first kappa shape index (κ1) is 15.7. The number of amides is 1. The quantitative estimate of drug-likeness (QED) is 0.692. The number of carbonyl (C=O) groups is 1. The van der Waals surface area contributed by atoms with E-state index in [4.69, 9.17) is 0 Å². The zero-order chi connectivity index (χ0) is 14.1. The molecule has 0 bridgehead atoms. The average molecular weight is 263 g/mol. The first-order valence-corrected chi connectivity index (χ1v) is 6.76. The summed E-state index contributed by atoms with van der Waals surface area (Å²) in [7, 11) is 4.10. The summed E-state index contributed by atoms with van der Waals surface area (Å²) in [6.07, 6.45) is 1.05. The van der Waals surface area contributed by atoms with E-state index in [1.54, 1.807) is 0 Å². The van der Waals surface area contributed by atoms with E-state index in [0.29, 0.717) is 13.1 Å². The lowest BCUT2D eigenvalue weighted by atomic mass is 10.1. The van der Waals surface area contributed by atoms with Crippen LogP contribution in [0.15, 0.2) is 24.3 Å². The van der Waals surface area contributed by atoms with Gasteiger partial charge in [-0.25, -0.2) is 0 Å². The second kappa shape index (κ2) is 8.67. The van der Waals surface area contributed by atoms with Crippen molar-refractivity contribution in [1.82, 2.24) is 15.5 Å². The molecular formula is C15H25N3O. The van der Waals surface area contributed by atoms with Crippen LogP contribution in [0, 0.1) is 6.92 Å². The molecule has 0 spiro atoms. The summed E-state index contributed by atoms with van der Waals surface area (Å²) < 4.78 is 0. The van der Waals surface area contributed by atoms with Gasteiger partial charge in [-0.05, 0) is 51.7 Å². The minimum absolute atomic E-state index is 0.0492. The van der Waals surface area contributed by atoms with E-state index in [1.165, 1.54) is 11.1 Å². The summed E-state index contributed by atoms with van der Waals surface area (Å²) in [5, 5.41) is 6.08. The van der Waals surface area contributed by atoms with Crippen LogP contribution in [0.1, 0.15) is 17.5 Å². The second-order valence-corrected chi connectivity index (χ2v) is 5.04. The summed E-state index contributed by atoms with van der Waals surface area (Å²) in [6.45, 7) is 4.96. The van der Waals surface area contributed by atoms with Gasteiger partial charge in [-0.15, -0.1) is 0 Å². The molecule has 0 saturated heterocycles. The Balaban J connectivity index is 2.13. The van der Waals surface area contributed by atoms with Crippen LogP contribution in [-0.2, 0) is 11.3 Å². The molecule has 0 aliphatic heterocycles. The van der Waals surface area contributed by atoms with Crippen LogP contribution in [0.5, 0.6) is 0 Å². The molecule has 2 N–H and O–H groups in total. The first-order valence-electron chi connectivity index (χ1n) is 6.76. The lowest BCUT2D eigenvalue weighted by molar-refractivity contribution is -0.120. The van der Waals surface area contributed by atoms with E-state index < -0.39 is 0 Å². The monoisotopic (exact) mass is 263 g/mol. The van der Waals surface area contributed by atoms with Gasteiger partial charge in [0.05, 0.1) is 6.54 Å². The van der Waals surface area contributed by atoms with Crippen LogP contribution in [0.4, 0.5) is 0 Å². The highest BCUT2D eigenvalue weighted by Crippen LogP contribution is 2.05. The maximum atomic E-state index is 11.6. The van der Waals surface area contributed by atoms with Crippen molar-refractivity contribution in [2.45, 2.75) is 19.9 Å².